The van der Waals surface area contributed by atoms with Gasteiger partial charge in [0.2, 0.25) is 11.8 Å². The van der Waals surface area contributed by atoms with E-state index in [0.29, 0.717) is 32.0 Å². The maximum absolute atomic E-state index is 13.0. The Bertz CT molecular complexity index is 770. The molecule has 0 radical (unpaired) electrons. The third-order valence-corrected chi connectivity index (χ3v) is 4.69. The Morgan fingerprint density at radius 1 is 1.32 bits per heavy atom. The first kappa shape index (κ1) is 15.9. The van der Waals surface area contributed by atoms with E-state index in [1.54, 1.807) is 17.3 Å². The zero-order chi connectivity index (χ0) is 17.4. The minimum atomic E-state index is -2.68. The second-order valence-corrected chi connectivity index (χ2v) is 6.50. The number of pyridine rings is 1. The number of anilines is 1. The summed E-state index contributed by atoms with van der Waals surface area (Å²) >= 11 is 0. The third kappa shape index (κ3) is 3.18. The van der Waals surface area contributed by atoms with E-state index in [2.05, 4.69) is 20.5 Å². The molecule has 1 saturated carbocycles. The third-order valence-electron chi connectivity index (χ3n) is 4.69. The minimum Gasteiger partial charge on any atom is -0.376 e. The number of rotatable bonds is 4. The van der Waals surface area contributed by atoms with Gasteiger partial charge in [-0.2, -0.15) is 0 Å². The van der Waals surface area contributed by atoms with Crippen LogP contribution in [0, 0.1) is 5.92 Å². The lowest BCUT2D eigenvalue weighted by molar-refractivity contribution is -0.161. The Hall–Kier alpha value is -2.58. The van der Waals surface area contributed by atoms with Crippen molar-refractivity contribution >= 4 is 11.6 Å². The zero-order valence-electron chi connectivity index (χ0n) is 13.5. The predicted molar refractivity (Wildman–Crippen MR) is 84.7 cm³/mol. The highest BCUT2D eigenvalue weighted by Crippen LogP contribution is 2.43. The van der Waals surface area contributed by atoms with Gasteiger partial charge in [0.1, 0.15) is 0 Å². The smallest absolute Gasteiger partial charge is 0.249 e. The van der Waals surface area contributed by atoms with Crippen molar-refractivity contribution in [1.29, 1.82) is 0 Å². The molecule has 2 aromatic rings. The number of aromatic nitrogens is 4. The summed E-state index contributed by atoms with van der Waals surface area (Å²) in [6.07, 6.45) is 2.75. The van der Waals surface area contributed by atoms with Crippen LogP contribution in [0.25, 0.3) is 0 Å². The van der Waals surface area contributed by atoms with Crippen molar-refractivity contribution < 1.29 is 13.6 Å². The van der Waals surface area contributed by atoms with E-state index in [1.165, 1.54) is 0 Å². The molecule has 2 aliphatic rings. The summed E-state index contributed by atoms with van der Waals surface area (Å²) in [5.74, 6) is -1.97. The van der Waals surface area contributed by atoms with Gasteiger partial charge in [-0.3, -0.25) is 9.78 Å². The SMILES string of the molecule is O=C(C1CC(F)(F)C1)N1CCn2c(CNc3cccnc3)nnc2C1. The van der Waals surface area contributed by atoms with E-state index in [1.807, 2.05) is 16.7 Å². The highest BCUT2D eigenvalue weighted by atomic mass is 19.3. The van der Waals surface area contributed by atoms with Gasteiger partial charge >= 0.3 is 0 Å². The van der Waals surface area contributed by atoms with Gasteiger partial charge in [0.05, 0.1) is 18.8 Å². The number of hydrogen-bond donors (Lipinski definition) is 1. The summed E-state index contributed by atoms with van der Waals surface area (Å²) in [5.41, 5.74) is 0.887. The molecule has 1 N–H and O–H groups in total. The summed E-state index contributed by atoms with van der Waals surface area (Å²) in [5, 5.41) is 11.6. The standard InChI is InChI=1S/C16H18F2N6O/c17-16(18)6-11(7-16)15(25)23-4-5-24-13(21-22-14(24)10-23)9-20-12-2-1-3-19-8-12/h1-3,8,11,20H,4-7,9-10H2. The van der Waals surface area contributed by atoms with Crippen molar-refractivity contribution in [2.75, 3.05) is 11.9 Å². The molecule has 0 atom stereocenters. The summed E-state index contributed by atoms with van der Waals surface area (Å²) in [4.78, 5) is 18.0. The van der Waals surface area contributed by atoms with E-state index in [9.17, 15) is 13.6 Å². The molecule has 0 saturated heterocycles. The van der Waals surface area contributed by atoms with Crippen LogP contribution in [0.5, 0.6) is 0 Å². The summed E-state index contributed by atoms with van der Waals surface area (Å²) < 4.78 is 27.9. The van der Waals surface area contributed by atoms with Crippen molar-refractivity contribution in [2.24, 2.45) is 5.92 Å². The van der Waals surface area contributed by atoms with E-state index in [4.69, 9.17) is 0 Å². The predicted octanol–water partition coefficient (Wildman–Crippen LogP) is 1.67. The fourth-order valence-corrected chi connectivity index (χ4v) is 3.28. The lowest BCUT2D eigenvalue weighted by Crippen LogP contribution is -2.48. The van der Waals surface area contributed by atoms with E-state index >= 15 is 0 Å². The van der Waals surface area contributed by atoms with Crippen LogP contribution in [0.15, 0.2) is 24.5 Å². The first-order valence-electron chi connectivity index (χ1n) is 8.23. The van der Waals surface area contributed by atoms with Crippen molar-refractivity contribution in [2.45, 2.75) is 38.4 Å². The summed E-state index contributed by atoms with van der Waals surface area (Å²) in [6, 6.07) is 3.75. The Balaban J connectivity index is 1.38. The molecule has 1 aliphatic heterocycles. The van der Waals surface area contributed by atoms with Crippen LogP contribution in [0.2, 0.25) is 0 Å². The molecule has 2 aromatic heterocycles. The number of alkyl halides is 2. The lowest BCUT2D eigenvalue weighted by atomic mass is 9.80. The molecular formula is C16H18F2N6O. The van der Waals surface area contributed by atoms with Gasteiger partial charge < -0.3 is 14.8 Å². The highest BCUT2D eigenvalue weighted by molar-refractivity contribution is 5.80. The van der Waals surface area contributed by atoms with Crippen LogP contribution in [-0.4, -0.2) is 43.0 Å². The normalized spacial score (nSPS) is 19.2. The van der Waals surface area contributed by atoms with Gasteiger partial charge in [-0.25, -0.2) is 8.78 Å². The number of nitrogens with zero attached hydrogens (tertiary/aromatic N) is 5. The zero-order valence-corrected chi connectivity index (χ0v) is 13.5. The van der Waals surface area contributed by atoms with Crippen LogP contribution in [-0.2, 0) is 24.4 Å². The topological polar surface area (TPSA) is 75.9 Å². The van der Waals surface area contributed by atoms with Crippen LogP contribution in [0.3, 0.4) is 0 Å². The number of halogens is 2. The van der Waals surface area contributed by atoms with Gasteiger partial charge in [0.15, 0.2) is 11.6 Å². The molecule has 7 nitrogen and oxygen atoms in total. The van der Waals surface area contributed by atoms with E-state index in [0.717, 1.165) is 11.5 Å². The molecule has 3 heterocycles. The van der Waals surface area contributed by atoms with Gasteiger partial charge in [0.25, 0.3) is 0 Å². The Kier molecular flexibility index (Phi) is 3.85. The fourth-order valence-electron chi connectivity index (χ4n) is 3.28. The van der Waals surface area contributed by atoms with Crippen LogP contribution < -0.4 is 5.32 Å². The largest absolute Gasteiger partial charge is 0.376 e. The van der Waals surface area contributed by atoms with Gasteiger partial charge in [-0.05, 0) is 12.1 Å². The molecule has 1 aliphatic carbocycles. The van der Waals surface area contributed by atoms with Crippen LogP contribution >= 0.6 is 0 Å². The maximum Gasteiger partial charge on any atom is 0.249 e. The Morgan fingerprint density at radius 3 is 2.88 bits per heavy atom. The number of carbonyl (C=O) groups excluding carboxylic acids is 1. The molecule has 1 fully saturated rings. The van der Waals surface area contributed by atoms with E-state index in [-0.39, 0.29) is 18.7 Å². The molecular weight excluding hydrogens is 330 g/mol. The lowest BCUT2D eigenvalue weighted by Gasteiger charge is -2.38. The molecule has 4 rings (SSSR count). The summed E-state index contributed by atoms with van der Waals surface area (Å²) in [6.45, 7) is 1.88. The Labute approximate surface area is 143 Å². The molecule has 132 valence electrons. The van der Waals surface area contributed by atoms with Crippen LogP contribution in [0.4, 0.5) is 14.5 Å². The van der Waals surface area contributed by atoms with Crippen LogP contribution in [0.1, 0.15) is 24.5 Å². The van der Waals surface area contributed by atoms with Gasteiger partial charge in [0, 0.05) is 44.2 Å². The average molecular weight is 348 g/mol. The molecule has 0 aromatic carbocycles. The minimum absolute atomic E-state index is 0.199. The van der Waals surface area contributed by atoms with Gasteiger partial charge in [-0.15, -0.1) is 10.2 Å². The van der Waals surface area contributed by atoms with Crippen molar-refractivity contribution in [3.63, 3.8) is 0 Å². The van der Waals surface area contributed by atoms with Crippen molar-refractivity contribution in [3.05, 3.63) is 36.2 Å². The maximum atomic E-state index is 13.0. The fraction of sp³-hybridized carbons (Fsp3) is 0.500. The number of fused-ring (bicyclic) bond motifs is 1. The van der Waals surface area contributed by atoms with E-state index < -0.39 is 11.8 Å². The first-order chi connectivity index (χ1) is 12.0. The van der Waals surface area contributed by atoms with Gasteiger partial charge in [-0.1, -0.05) is 0 Å². The second-order valence-electron chi connectivity index (χ2n) is 6.50. The molecule has 1 amide bonds. The number of nitrogens with one attached hydrogen (secondary N) is 1. The Morgan fingerprint density at radius 2 is 2.16 bits per heavy atom. The van der Waals surface area contributed by atoms with Crippen molar-refractivity contribution in [1.82, 2.24) is 24.6 Å². The van der Waals surface area contributed by atoms with Crippen molar-refractivity contribution in [3.8, 4) is 0 Å². The number of hydrogen-bond acceptors (Lipinski definition) is 5. The summed E-state index contributed by atoms with van der Waals surface area (Å²) in [7, 11) is 0. The second kappa shape index (κ2) is 6.05. The first-order valence-corrected chi connectivity index (χ1v) is 8.23. The quantitative estimate of drug-likeness (QED) is 0.910. The molecule has 9 heteroatoms. The number of carbonyl (C=O) groups is 1. The molecule has 0 unspecified atom stereocenters. The average Bonchev–Trinajstić information content (AvgIpc) is 3.00. The molecule has 0 bridgehead atoms. The highest BCUT2D eigenvalue weighted by Gasteiger charge is 2.50. The monoisotopic (exact) mass is 348 g/mol. The molecule has 25 heavy (non-hydrogen) atoms. The molecule has 0 spiro atoms. The number of amides is 1.